The van der Waals surface area contributed by atoms with Crippen molar-refractivity contribution >= 4 is 0 Å². The number of hydrogen-bond donors (Lipinski definition) is 1. The molecule has 0 radical (unpaired) electrons. The molecule has 0 bridgehead atoms. The van der Waals surface area contributed by atoms with E-state index in [-0.39, 0.29) is 12.4 Å². The van der Waals surface area contributed by atoms with E-state index >= 15 is 0 Å². The lowest BCUT2D eigenvalue weighted by atomic mass is 10.2. The Morgan fingerprint density at radius 3 is 2.74 bits per heavy atom. The van der Waals surface area contributed by atoms with Crippen LogP contribution in [0.4, 0.5) is 4.39 Å². The summed E-state index contributed by atoms with van der Waals surface area (Å²) in [5, 5.41) is 4.33. The Hall–Kier alpha value is -1.88. The van der Waals surface area contributed by atoms with Gasteiger partial charge in [-0.25, -0.2) is 4.39 Å². The minimum absolute atomic E-state index is 0.188. The van der Waals surface area contributed by atoms with Gasteiger partial charge in [0.2, 0.25) is 0 Å². The van der Waals surface area contributed by atoms with Gasteiger partial charge in [0.15, 0.2) is 0 Å². The SMILES string of the molecule is CCc1cc(COc2ccc(CN)c(F)c2)n(C)n1. The summed E-state index contributed by atoms with van der Waals surface area (Å²) in [5.74, 6) is 0.160. The van der Waals surface area contributed by atoms with E-state index in [9.17, 15) is 4.39 Å². The summed E-state index contributed by atoms with van der Waals surface area (Å²) in [6.45, 7) is 2.60. The van der Waals surface area contributed by atoms with Crippen molar-refractivity contribution in [1.82, 2.24) is 9.78 Å². The second-order valence-electron chi connectivity index (χ2n) is 4.35. The van der Waals surface area contributed by atoms with Gasteiger partial charge < -0.3 is 10.5 Å². The van der Waals surface area contributed by atoms with Crippen molar-refractivity contribution in [3.63, 3.8) is 0 Å². The van der Waals surface area contributed by atoms with Gasteiger partial charge in [-0.05, 0) is 18.6 Å². The van der Waals surface area contributed by atoms with E-state index in [1.807, 2.05) is 20.0 Å². The monoisotopic (exact) mass is 263 g/mol. The summed E-state index contributed by atoms with van der Waals surface area (Å²) in [4.78, 5) is 0. The van der Waals surface area contributed by atoms with Gasteiger partial charge in [0.05, 0.1) is 11.4 Å². The predicted molar refractivity (Wildman–Crippen MR) is 71.2 cm³/mol. The van der Waals surface area contributed by atoms with Gasteiger partial charge >= 0.3 is 0 Å². The summed E-state index contributed by atoms with van der Waals surface area (Å²) >= 11 is 0. The quantitative estimate of drug-likeness (QED) is 0.899. The van der Waals surface area contributed by atoms with Crippen LogP contribution >= 0.6 is 0 Å². The molecule has 0 saturated heterocycles. The highest BCUT2D eigenvalue weighted by Crippen LogP contribution is 2.18. The second-order valence-corrected chi connectivity index (χ2v) is 4.35. The third-order valence-electron chi connectivity index (χ3n) is 3.02. The number of nitrogens with zero attached hydrogens (tertiary/aromatic N) is 2. The summed E-state index contributed by atoms with van der Waals surface area (Å²) in [6, 6.07) is 6.72. The van der Waals surface area contributed by atoms with Gasteiger partial charge in [0.25, 0.3) is 0 Å². The zero-order valence-electron chi connectivity index (χ0n) is 11.2. The third-order valence-corrected chi connectivity index (χ3v) is 3.02. The van der Waals surface area contributed by atoms with Gasteiger partial charge in [-0.2, -0.15) is 5.10 Å². The maximum atomic E-state index is 13.5. The van der Waals surface area contributed by atoms with Crippen LogP contribution in [0.25, 0.3) is 0 Å². The molecule has 1 heterocycles. The van der Waals surface area contributed by atoms with Crippen LogP contribution in [0.1, 0.15) is 23.9 Å². The fraction of sp³-hybridized carbons (Fsp3) is 0.357. The molecule has 19 heavy (non-hydrogen) atoms. The van der Waals surface area contributed by atoms with Crippen molar-refractivity contribution in [2.45, 2.75) is 26.5 Å². The smallest absolute Gasteiger partial charge is 0.131 e. The van der Waals surface area contributed by atoms with E-state index in [0.29, 0.717) is 17.9 Å². The first-order valence-electron chi connectivity index (χ1n) is 6.27. The maximum absolute atomic E-state index is 13.5. The lowest BCUT2D eigenvalue weighted by Gasteiger charge is -2.07. The van der Waals surface area contributed by atoms with E-state index in [0.717, 1.165) is 17.8 Å². The highest BCUT2D eigenvalue weighted by Gasteiger charge is 2.06. The Bertz CT molecular complexity index is 566. The summed E-state index contributed by atoms with van der Waals surface area (Å²) < 4.78 is 20.9. The van der Waals surface area contributed by atoms with Crippen molar-refractivity contribution < 1.29 is 9.13 Å². The first-order chi connectivity index (χ1) is 9.13. The van der Waals surface area contributed by atoms with Gasteiger partial charge in [0.1, 0.15) is 18.2 Å². The molecule has 2 N–H and O–H groups in total. The Morgan fingerprint density at radius 1 is 1.37 bits per heavy atom. The number of nitrogens with two attached hydrogens (primary N) is 1. The molecule has 0 aliphatic rings. The second kappa shape index (κ2) is 5.84. The predicted octanol–water partition coefficient (Wildman–Crippen LogP) is 2.16. The minimum atomic E-state index is -0.334. The van der Waals surface area contributed by atoms with Crippen molar-refractivity contribution in [3.8, 4) is 5.75 Å². The Kier molecular flexibility index (Phi) is 4.16. The molecule has 0 spiro atoms. The largest absolute Gasteiger partial charge is 0.487 e. The van der Waals surface area contributed by atoms with Crippen LogP contribution in [-0.2, 0) is 26.6 Å². The molecule has 0 fully saturated rings. The number of hydrogen-bond acceptors (Lipinski definition) is 3. The van der Waals surface area contributed by atoms with Crippen LogP contribution in [0.2, 0.25) is 0 Å². The standard InChI is InChI=1S/C14H18FN3O/c1-3-11-6-12(18(2)17-11)9-19-13-5-4-10(8-16)14(15)7-13/h4-7H,3,8-9,16H2,1-2H3. The van der Waals surface area contributed by atoms with Crippen LogP contribution in [0, 0.1) is 5.82 Å². The topological polar surface area (TPSA) is 53.1 Å². The van der Waals surface area contributed by atoms with E-state index < -0.39 is 0 Å². The molecule has 4 nitrogen and oxygen atoms in total. The first kappa shape index (κ1) is 13.5. The normalized spacial score (nSPS) is 10.7. The van der Waals surface area contributed by atoms with Crippen LogP contribution in [0.15, 0.2) is 24.3 Å². The van der Waals surface area contributed by atoms with Crippen LogP contribution in [0.5, 0.6) is 5.75 Å². The van der Waals surface area contributed by atoms with Gasteiger partial charge in [-0.3, -0.25) is 4.68 Å². The van der Waals surface area contributed by atoms with E-state index in [1.54, 1.807) is 16.8 Å². The molecule has 102 valence electrons. The third kappa shape index (κ3) is 3.12. The Balaban J connectivity index is 2.05. The highest BCUT2D eigenvalue weighted by molar-refractivity contribution is 5.29. The van der Waals surface area contributed by atoms with E-state index in [1.165, 1.54) is 6.07 Å². The lowest BCUT2D eigenvalue weighted by Crippen LogP contribution is -2.04. The van der Waals surface area contributed by atoms with Crippen molar-refractivity contribution in [2.75, 3.05) is 0 Å². The molecule has 0 unspecified atom stereocenters. The zero-order chi connectivity index (χ0) is 13.8. The molecule has 0 aliphatic heterocycles. The average Bonchev–Trinajstić information content (AvgIpc) is 2.77. The molecule has 2 rings (SSSR count). The molecule has 1 aromatic carbocycles. The summed E-state index contributed by atoms with van der Waals surface area (Å²) in [6.07, 6.45) is 0.883. The first-order valence-corrected chi connectivity index (χ1v) is 6.27. The molecular formula is C14H18FN3O. The molecule has 1 aromatic heterocycles. The number of halogens is 1. The average molecular weight is 263 g/mol. The minimum Gasteiger partial charge on any atom is -0.487 e. The Labute approximate surface area is 112 Å². The van der Waals surface area contributed by atoms with Crippen LogP contribution < -0.4 is 10.5 Å². The van der Waals surface area contributed by atoms with E-state index in [4.69, 9.17) is 10.5 Å². The summed E-state index contributed by atoms with van der Waals surface area (Å²) in [5.41, 5.74) is 7.88. The maximum Gasteiger partial charge on any atom is 0.131 e. The van der Waals surface area contributed by atoms with E-state index in [2.05, 4.69) is 5.10 Å². The number of aryl methyl sites for hydroxylation is 2. The van der Waals surface area contributed by atoms with Crippen LogP contribution in [-0.4, -0.2) is 9.78 Å². The van der Waals surface area contributed by atoms with Crippen molar-refractivity contribution in [2.24, 2.45) is 12.8 Å². The van der Waals surface area contributed by atoms with Gasteiger partial charge in [0, 0.05) is 25.2 Å². The molecule has 2 aromatic rings. The molecular weight excluding hydrogens is 245 g/mol. The highest BCUT2D eigenvalue weighted by atomic mass is 19.1. The number of ether oxygens (including phenoxy) is 1. The van der Waals surface area contributed by atoms with Gasteiger partial charge in [-0.15, -0.1) is 0 Å². The molecule has 0 saturated carbocycles. The van der Waals surface area contributed by atoms with Crippen molar-refractivity contribution in [3.05, 3.63) is 47.0 Å². The van der Waals surface area contributed by atoms with Gasteiger partial charge in [-0.1, -0.05) is 13.0 Å². The fourth-order valence-electron chi connectivity index (χ4n) is 1.82. The number of aromatic nitrogens is 2. The number of rotatable bonds is 5. The molecule has 0 aliphatic carbocycles. The fourth-order valence-corrected chi connectivity index (χ4v) is 1.82. The van der Waals surface area contributed by atoms with Crippen molar-refractivity contribution in [1.29, 1.82) is 0 Å². The number of benzene rings is 1. The molecule has 0 amide bonds. The van der Waals surface area contributed by atoms with Crippen LogP contribution in [0.3, 0.4) is 0 Å². The Morgan fingerprint density at radius 2 is 2.16 bits per heavy atom. The summed E-state index contributed by atoms with van der Waals surface area (Å²) in [7, 11) is 1.87. The lowest BCUT2D eigenvalue weighted by molar-refractivity contribution is 0.293. The molecule has 0 atom stereocenters. The zero-order valence-corrected chi connectivity index (χ0v) is 11.2. The molecule has 5 heteroatoms.